The fraction of sp³-hybridized carbons (Fsp3) is 0.500. The van der Waals surface area contributed by atoms with Gasteiger partial charge in [0.1, 0.15) is 6.54 Å². The maximum atomic E-state index is 11.5. The Hall–Kier alpha value is -1.76. The van der Waals surface area contributed by atoms with Gasteiger partial charge in [0.05, 0.1) is 18.7 Å². The third-order valence-electron chi connectivity index (χ3n) is 2.67. The van der Waals surface area contributed by atoms with E-state index in [9.17, 15) is 4.79 Å². The van der Waals surface area contributed by atoms with E-state index >= 15 is 0 Å². The number of methoxy groups -OCH3 is 1. The average Bonchev–Trinajstić information content (AvgIpc) is 2.53. The Morgan fingerprint density at radius 2 is 2.25 bits per heavy atom. The van der Waals surface area contributed by atoms with Crippen molar-refractivity contribution in [2.75, 3.05) is 7.11 Å². The molecule has 1 atom stereocenters. The SMILES string of the molecule is C#CCn1nc(C)c([C@@H](C)C(=O)OC)c1C. The van der Waals surface area contributed by atoms with Gasteiger partial charge in [-0.2, -0.15) is 5.10 Å². The molecule has 0 aliphatic heterocycles. The Kier molecular flexibility index (Phi) is 3.73. The van der Waals surface area contributed by atoms with Gasteiger partial charge in [0, 0.05) is 11.3 Å². The largest absolute Gasteiger partial charge is 0.469 e. The molecular formula is C12H16N2O2. The van der Waals surface area contributed by atoms with Crippen LogP contribution in [0.3, 0.4) is 0 Å². The molecule has 0 radical (unpaired) electrons. The van der Waals surface area contributed by atoms with E-state index in [1.165, 1.54) is 7.11 Å². The zero-order valence-corrected chi connectivity index (χ0v) is 10.1. The number of ether oxygens (including phenoxy) is 1. The number of rotatable bonds is 3. The zero-order chi connectivity index (χ0) is 12.3. The van der Waals surface area contributed by atoms with Crippen LogP contribution < -0.4 is 0 Å². The van der Waals surface area contributed by atoms with Gasteiger partial charge in [-0.15, -0.1) is 6.42 Å². The summed E-state index contributed by atoms with van der Waals surface area (Å²) in [7, 11) is 1.38. The first-order chi connectivity index (χ1) is 7.52. The number of hydrogen-bond acceptors (Lipinski definition) is 3. The molecule has 0 N–H and O–H groups in total. The van der Waals surface area contributed by atoms with Gasteiger partial charge in [-0.25, -0.2) is 0 Å². The van der Waals surface area contributed by atoms with E-state index in [0.717, 1.165) is 17.0 Å². The highest BCUT2D eigenvalue weighted by atomic mass is 16.5. The number of aryl methyl sites for hydroxylation is 1. The maximum absolute atomic E-state index is 11.5. The quantitative estimate of drug-likeness (QED) is 0.571. The molecular weight excluding hydrogens is 204 g/mol. The molecule has 0 amide bonds. The summed E-state index contributed by atoms with van der Waals surface area (Å²) in [4.78, 5) is 11.5. The second-order valence-corrected chi connectivity index (χ2v) is 3.69. The lowest BCUT2D eigenvalue weighted by Gasteiger charge is -2.09. The van der Waals surface area contributed by atoms with E-state index in [1.54, 1.807) is 4.68 Å². The standard InChI is InChI=1S/C12H16N2O2/c1-6-7-14-10(4)11(9(3)13-14)8(2)12(15)16-5/h1,8H,7H2,2-5H3/t8-/m1/s1. The molecule has 1 aromatic rings. The van der Waals surface area contributed by atoms with Gasteiger partial charge >= 0.3 is 5.97 Å². The highest BCUT2D eigenvalue weighted by Crippen LogP contribution is 2.24. The number of nitrogens with zero attached hydrogens (tertiary/aromatic N) is 2. The predicted molar refractivity (Wildman–Crippen MR) is 61.0 cm³/mol. The van der Waals surface area contributed by atoms with Crippen LogP contribution in [0.2, 0.25) is 0 Å². The molecule has 0 bridgehead atoms. The molecule has 4 nitrogen and oxygen atoms in total. The summed E-state index contributed by atoms with van der Waals surface area (Å²) in [6.07, 6.45) is 5.25. The minimum atomic E-state index is -0.309. The summed E-state index contributed by atoms with van der Waals surface area (Å²) in [6, 6.07) is 0. The number of carbonyl (C=O) groups excluding carboxylic acids is 1. The lowest BCUT2D eigenvalue weighted by Crippen LogP contribution is -2.12. The normalized spacial score (nSPS) is 11.9. The van der Waals surface area contributed by atoms with Crippen molar-refractivity contribution < 1.29 is 9.53 Å². The molecule has 1 rings (SSSR count). The molecule has 0 aliphatic rings. The van der Waals surface area contributed by atoms with Crippen molar-refractivity contribution in [3.05, 3.63) is 17.0 Å². The minimum absolute atomic E-state index is 0.258. The number of terminal acetylenes is 1. The second-order valence-electron chi connectivity index (χ2n) is 3.69. The smallest absolute Gasteiger partial charge is 0.312 e. The lowest BCUT2D eigenvalue weighted by molar-refractivity contribution is -0.142. The summed E-state index contributed by atoms with van der Waals surface area (Å²) in [5, 5.41) is 4.30. The molecule has 0 spiro atoms. The zero-order valence-electron chi connectivity index (χ0n) is 10.1. The fourth-order valence-corrected chi connectivity index (χ4v) is 1.87. The molecule has 0 aliphatic carbocycles. The van der Waals surface area contributed by atoms with Crippen LogP contribution in [0.25, 0.3) is 0 Å². The summed E-state index contributed by atoms with van der Waals surface area (Å²) < 4.78 is 6.46. The Labute approximate surface area is 95.6 Å². The average molecular weight is 220 g/mol. The molecule has 0 aromatic carbocycles. The summed E-state index contributed by atoms with van der Waals surface area (Å²) in [6.45, 7) is 6.00. The molecule has 0 saturated heterocycles. The molecule has 16 heavy (non-hydrogen) atoms. The van der Waals surface area contributed by atoms with Crippen LogP contribution in [0.15, 0.2) is 0 Å². The Morgan fingerprint density at radius 3 is 2.75 bits per heavy atom. The Balaban J connectivity index is 3.14. The minimum Gasteiger partial charge on any atom is -0.469 e. The van der Waals surface area contributed by atoms with Crippen molar-refractivity contribution >= 4 is 5.97 Å². The molecule has 1 heterocycles. The second kappa shape index (κ2) is 4.84. The van der Waals surface area contributed by atoms with Gasteiger partial charge in [-0.1, -0.05) is 5.92 Å². The number of carbonyl (C=O) groups is 1. The van der Waals surface area contributed by atoms with Gasteiger partial charge in [0.25, 0.3) is 0 Å². The third kappa shape index (κ3) is 2.08. The fourth-order valence-electron chi connectivity index (χ4n) is 1.87. The highest BCUT2D eigenvalue weighted by molar-refractivity contribution is 5.78. The lowest BCUT2D eigenvalue weighted by atomic mass is 9.99. The van der Waals surface area contributed by atoms with Gasteiger partial charge < -0.3 is 4.74 Å². The van der Waals surface area contributed by atoms with Crippen LogP contribution in [0.4, 0.5) is 0 Å². The molecule has 0 fully saturated rings. The summed E-state index contributed by atoms with van der Waals surface area (Å²) >= 11 is 0. The first-order valence-electron chi connectivity index (χ1n) is 5.08. The molecule has 4 heteroatoms. The Morgan fingerprint density at radius 1 is 1.62 bits per heavy atom. The van der Waals surface area contributed by atoms with E-state index < -0.39 is 0 Å². The molecule has 0 saturated carbocycles. The van der Waals surface area contributed by atoms with Gasteiger partial charge in [0.2, 0.25) is 0 Å². The van der Waals surface area contributed by atoms with E-state index in [2.05, 4.69) is 11.0 Å². The van der Waals surface area contributed by atoms with Crippen LogP contribution in [0.5, 0.6) is 0 Å². The van der Waals surface area contributed by atoms with Crippen molar-refractivity contribution in [2.24, 2.45) is 0 Å². The van der Waals surface area contributed by atoms with Crippen molar-refractivity contribution in [3.63, 3.8) is 0 Å². The van der Waals surface area contributed by atoms with Gasteiger partial charge in [-0.05, 0) is 20.8 Å². The Bertz CT molecular complexity index is 441. The van der Waals surface area contributed by atoms with Crippen molar-refractivity contribution in [1.29, 1.82) is 0 Å². The van der Waals surface area contributed by atoms with Crippen molar-refractivity contribution in [3.8, 4) is 12.3 Å². The van der Waals surface area contributed by atoms with Crippen LogP contribution in [-0.2, 0) is 16.1 Å². The van der Waals surface area contributed by atoms with E-state index in [0.29, 0.717) is 6.54 Å². The highest BCUT2D eigenvalue weighted by Gasteiger charge is 2.23. The topological polar surface area (TPSA) is 44.1 Å². The van der Waals surface area contributed by atoms with Crippen LogP contribution >= 0.6 is 0 Å². The van der Waals surface area contributed by atoms with Crippen LogP contribution in [0.1, 0.15) is 29.8 Å². The van der Waals surface area contributed by atoms with Crippen molar-refractivity contribution in [2.45, 2.75) is 33.2 Å². The van der Waals surface area contributed by atoms with E-state index in [-0.39, 0.29) is 11.9 Å². The molecule has 0 unspecified atom stereocenters. The monoisotopic (exact) mass is 220 g/mol. The first-order valence-corrected chi connectivity index (χ1v) is 5.08. The summed E-state index contributed by atoms with van der Waals surface area (Å²) in [5.74, 6) is 1.97. The third-order valence-corrected chi connectivity index (χ3v) is 2.67. The van der Waals surface area contributed by atoms with E-state index in [4.69, 9.17) is 11.2 Å². The number of hydrogen-bond donors (Lipinski definition) is 0. The molecule has 86 valence electrons. The predicted octanol–water partition coefficient (Wildman–Crippen LogP) is 1.41. The van der Waals surface area contributed by atoms with Crippen LogP contribution in [0, 0.1) is 26.2 Å². The molecule has 1 aromatic heterocycles. The van der Waals surface area contributed by atoms with E-state index in [1.807, 2.05) is 20.8 Å². The maximum Gasteiger partial charge on any atom is 0.312 e. The first kappa shape index (κ1) is 12.3. The van der Waals surface area contributed by atoms with Crippen LogP contribution in [-0.4, -0.2) is 22.9 Å². The van der Waals surface area contributed by atoms with Crippen molar-refractivity contribution in [1.82, 2.24) is 9.78 Å². The number of aromatic nitrogens is 2. The number of esters is 1. The summed E-state index contributed by atoms with van der Waals surface area (Å²) in [5.41, 5.74) is 2.65. The van der Waals surface area contributed by atoms with Gasteiger partial charge in [0.15, 0.2) is 0 Å². The van der Waals surface area contributed by atoms with Gasteiger partial charge in [-0.3, -0.25) is 9.48 Å².